The number of benzene rings is 1. The molecule has 1 saturated heterocycles. The van der Waals surface area contributed by atoms with E-state index in [1.165, 1.54) is 18.9 Å². The molecule has 1 heterocycles. The second kappa shape index (κ2) is 4.86. The number of nitrogen functional groups attached to an aromatic ring is 1. The summed E-state index contributed by atoms with van der Waals surface area (Å²) in [6, 6.07) is 5.93. The Labute approximate surface area is 107 Å². The molecule has 0 spiro atoms. The predicted octanol–water partition coefficient (Wildman–Crippen LogP) is 1.69. The third kappa shape index (κ3) is 2.49. The highest BCUT2D eigenvalue weighted by Gasteiger charge is 2.31. The quantitative estimate of drug-likeness (QED) is 0.827. The molecule has 0 atom stereocenters. The van der Waals surface area contributed by atoms with Crippen LogP contribution in [0.3, 0.4) is 0 Å². The number of hydrogen-bond acceptors (Lipinski definition) is 3. The lowest BCUT2D eigenvalue weighted by Gasteiger charge is -2.35. The number of anilines is 1. The largest absolute Gasteiger partial charge is 0.396 e. The minimum absolute atomic E-state index is 0.302. The third-order valence-electron chi connectivity index (χ3n) is 4.01. The van der Waals surface area contributed by atoms with Crippen molar-refractivity contribution in [2.24, 2.45) is 0 Å². The molecule has 0 amide bonds. The first-order chi connectivity index (χ1) is 8.74. The number of piperazine rings is 1. The Morgan fingerprint density at radius 1 is 1.17 bits per heavy atom. The number of nitrogens with two attached hydrogens (primary N) is 1. The van der Waals surface area contributed by atoms with Gasteiger partial charge in [-0.1, -0.05) is 12.1 Å². The minimum atomic E-state index is -0.302. The van der Waals surface area contributed by atoms with Crippen molar-refractivity contribution >= 4 is 5.69 Å². The molecule has 1 aliphatic carbocycles. The molecule has 2 N–H and O–H groups in total. The van der Waals surface area contributed by atoms with Crippen LogP contribution in [0.4, 0.5) is 10.1 Å². The first-order valence-corrected chi connectivity index (χ1v) is 6.73. The molecule has 0 unspecified atom stereocenters. The van der Waals surface area contributed by atoms with Gasteiger partial charge in [-0.15, -0.1) is 0 Å². The monoisotopic (exact) mass is 249 g/mol. The average Bonchev–Trinajstić information content (AvgIpc) is 3.20. The van der Waals surface area contributed by atoms with Crippen molar-refractivity contribution in [2.75, 3.05) is 31.9 Å². The summed E-state index contributed by atoms with van der Waals surface area (Å²) in [5.41, 5.74) is 6.99. The van der Waals surface area contributed by atoms with E-state index in [-0.39, 0.29) is 5.82 Å². The Morgan fingerprint density at radius 2 is 1.89 bits per heavy atom. The molecule has 2 fully saturated rings. The van der Waals surface area contributed by atoms with Crippen molar-refractivity contribution in [3.63, 3.8) is 0 Å². The summed E-state index contributed by atoms with van der Waals surface area (Å²) in [5, 5.41) is 0. The molecule has 0 radical (unpaired) electrons. The summed E-state index contributed by atoms with van der Waals surface area (Å²) in [6.07, 6.45) is 2.74. The summed E-state index contributed by atoms with van der Waals surface area (Å²) in [4.78, 5) is 4.94. The van der Waals surface area contributed by atoms with Gasteiger partial charge in [-0.05, 0) is 24.5 Å². The van der Waals surface area contributed by atoms with Gasteiger partial charge < -0.3 is 5.73 Å². The minimum Gasteiger partial charge on any atom is -0.396 e. The molecule has 0 bridgehead atoms. The Morgan fingerprint density at radius 3 is 2.56 bits per heavy atom. The molecule has 1 saturated carbocycles. The molecule has 1 aromatic rings. The fraction of sp³-hybridized carbons (Fsp3) is 0.571. The van der Waals surface area contributed by atoms with E-state index in [9.17, 15) is 4.39 Å². The predicted molar refractivity (Wildman–Crippen MR) is 70.7 cm³/mol. The SMILES string of the molecule is Nc1c(F)cccc1CN1CCN(C2CC2)CC1. The molecule has 0 aromatic heterocycles. The molecule has 4 heteroatoms. The van der Waals surface area contributed by atoms with Gasteiger partial charge >= 0.3 is 0 Å². The van der Waals surface area contributed by atoms with Crippen LogP contribution in [-0.2, 0) is 6.54 Å². The van der Waals surface area contributed by atoms with E-state index < -0.39 is 0 Å². The molecule has 3 rings (SSSR count). The van der Waals surface area contributed by atoms with Crippen molar-refractivity contribution in [2.45, 2.75) is 25.4 Å². The van der Waals surface area contributed by atoms with E-state index in [4.69, 9.17) is 5.73 Å². The van der Waals surface area contributed by atoms with Gasteiger partial charge in [0.15, 0.2) is 0 Å². The summed E-state index contributed by atoms with van der Waals surface area (Å²) >= 11 is 0. The fourth-order valence-corrected chi connectivity index (χ4v) is 2.69. The summed E-state index contributed by atoms with van der Waals surface area (Å²) < 4.78 is 13.4. The van der Waals surface area contributed by atoms with E-state index >= 15 is 0 Å². The maximum absolute atomic E-state index is 13.4. The first kappa shape index (κ1) is 11.9. The second-order valence-corrected chi connectivity index (χ2v) is 5.36. The molecular weight excluding hydrogens is 229 g/mol. The zero-order valence-corrected chi connectivity index (χ0v) is 10.6. The van der Waals surface area contributed by atoms with Crippen LogP contribution >= 0.6 is 0 Å². The molecule has 1 aromatic carbocycles. The first-order valence-electron chi connectivity index (χ1n) is 6.73. The van der Waals surface area contributed by atoms with Gasteiger partial charge in [0, 0.05) is 38.8 Å². The van der Waals surface area contributed by atoms with Gasteiger partial charge in [0.2, 0.25) is 0 Å². The van der Waals surface area contributed by atoms with Crippen molar-refractivity contribution in [1.82, 2.24) is 9.80 Å². The van der Waals surface area contributed by atoms with Gasteiger partial charge in [0.25, 0.3) is 0 Å². The van der Waals surface area contributed by atoms with E-state index in [1.807, 2.05) is 6.07 Å². The van der Waals surface area contributed by atoms with Crippen molar-refractivity contribution in [1.29, 1.82) is 0 Å². The van der Waals surface area contributed by atoms with Crippen LogP contribution in [0.25, 0.3) is 0 Å². The molecular formula is C14H20FN3. The van der Waals surface area contributed by atoms with Crippen molar-refractivity contribution in [3.8, 4) is 0 Å². The number of rotatable bonds is 3. The molecule has 3 nitrogen and oxygen atoms in total. The summed E-state index contributed by atoms with van der Waals surface area (Å²) in [5.74, 6) is -0.302. The lowest BCUT2D eigenvalue weighted by atomic mass is 10.1. The lowest BCUT2D eigenvalue weighted by molar-refractivity contribution is 0.121. The Kier molecular flexibility index (Phi) is 3.22. The lowest BCUT2D eigenvalue weighted by Crippen LogP contribution is -2.46. The number of hydrogen-bond donors (Lipinski definition) is 1. The van der Waals surface area contributed by atoms with Crippen LogP contribution in [0.1, 0.15) is 18.4 Å². The Bertz CT molecular complexity index is 423. The zero-order valence-electron chi connectivity index (χ0n) is 10.6. The maximum Gasteiger partial charge on any atom is 0.146 e. The normalized spacial score (nSPS) is 22.3. The third-order valence-corrected chi connectivity index (χ3v) is 4.01. The number of nitrogens with zero attached hydrogens (tertiary/aromatic N) is 2. The van der Waals surface area contributed by atoms with E-state index in [1.54, 1.807) is 6.07 Å². The molecule has 98 valence electrons. The topological polar surface area (TPSA) is 32.5 Å². The van der Waals surface area contributed by atoms with Crippen LogP contribution in [0.2, 0.25) is 0 Å². The van der Waals surface area contributed by atoms with Crippen LogP contribution in [0.15, 0.2) is 18.2 Å². The van der Waals surface area contributed by atoms with Crippen LogP contribution in [0, 0.1) is 5.82 Å². The summed E-state index contributed by atoms with van der Waals surface area (Å²) in [6.45, 7) is 5.17. The van der Waals surface area contributed by atoms with Crippen LogP contribution in [0.5, 0.6) is 0 Å². The fourth-order valence-electron chi connectivity index (χ4n) is 2.69. The highest BCUT2D eigenvalue weighted by atomic mass is 19.1. The molecule has 1 aliphatic heterocycles. The number of para-hydroxylation sites is 1. The van der Waals surface area contributed by atoms with E-state index in [2.05, 4.69) is 9.80 Å². The van der Waals surface area contributed by atoms with E-state index in [0.29, 0.717) is 5.69 Å². The molecule has 18 heavy (non-hydrogen) atoms. The average molecular weight is 249 g/mol. The van der Waals surface area contributed by atoms with Gasteiger partial charge in [0.1, 0.15) is 5.82 Å². The maximum atomic E-state index is 13.4. The van der Waals surface area contributed by atoms with Gasteiger partial charge in [0.05, 0.1) is 5.69 Å². The van der Waals surface area contributed by atoms with E-state index in [0.717, 1.165) is 44.3 Å². The highest BCUT2D eigenvalue weighted by Crippen LogP contribution is 2.28. The Hall–Kier alpha value is -1.13. The summed E-state index contributed by atoms with van der Waals surface area (Å²) in [7, 11) is 0. The van der Waals surface area contributed by atoms with Crippen molar-refractivity contribution in [3.05, 3.63) is 29.6 Å². The van der Waals surface area contributed by atoms with Crippen molar-refractivity contribution < 1.29 is 4.39 Å². The Balaban J connectivity index is 1.58. The van der Waals surface area contributed by atoms with Gasteiger partial charge in [-0.3, -0.25) is 9.80 Å². The highest BCUT2D eigenvalue weighted by molar-refractivity contribution is 5.47. The number of halogens is 1. The standard InChI is InChI=1S/C14H20FN3/c15-13-3-1-2-11(14(13)16)10-17-6-8-18(9-7-17)12-4-5-12/h1-3,12H,4-10,16H2. The van der Waals surface area contributed by atoms with Crippen LogP contribution < -0.4 is 5.73 Å². The zero-order chi connectivity index (χ0) is 12.5. The van der Waals surface area contributed by atoms with Crippen LogP contribution in [-0.4, -0.2) is 42.0 Å². The van der Waals surface area contributed by atoms with Gasteiger partial charge in [-0.2, -0.15) is 0 Å². The van der Waals surface area contributed by atoms with Gasteiger partial charge in [-0.25, -0.2) is 4.39 Å². The molecule has 2 aliphatic rings. The smallest absolute Gasteiger partial charge is 0.146 e. The second-order valence-electron chi connectivity index (χ2n) is 5.36.